The van der Waals surface area contributed by atoms with Gasteiger partial charge in [-0.2, -0.15) is 4.98 Å². The highest BCUT2D eigenvalue weighted by molar-refractivity contribution is 6.29. The number of benzene rings is 1. The van der Waals surface area contributed by atoms with E-state index in [4.69, 9.17) is 20.9 Å². The second kappa shape index (κ2) is 8.48. The maximum Gasteiger partial charge on any atom is 0.259 e. The summed E-state index contributed by atoms with van der Waals surface area (Å²) in [5, 5.41) is 4.59. The SMILES string of the molecule is Cc1cc(-c2nc(-c3ccc(C4(F)CCOCC4)cc3)no2)cn1Cc1ccc(Cl)nc1. The molecule has 0 saturated carbocycles. The molecule has 32 heavy (non-hydrogen) atoms. The van der Waals surface area contributed by atoms with E-state index < -0.39 is 5.67 Å². The lowest BCUT2D eigenvalue weighted by atomic mass is 9.88. The smallest absolute Gasteiger partial charge is 0.259 e. The van der Waals surface area contributed by atoms with Crippen LogP contribution in [0, 0.1) is 6.92 Å². The van der Waals surface area contributed by atoms with E-state index >= 15 is 4.39 Å². The van der Waals surface area contributed by atoms with E-state index in [9.17, 15) is 0 Å². The maximum atomic E-state index is 15.1. The zero-order chi connectivity index (χ0) is 22.1. The van der Waals surface area contributed by atoms with E-state index in [-0.39, 0.29) is 0 Å². The van der Waals surface area contributed by atoms with Gasteiger partial charge in [0.1, 0.15) is 10.8 Å². The summed E-state index contributed by atoms with van der Waals surface area (Å²) in [5.74, 6) is 0.908. The van der Waals surface area contributed by atoms with E-state index in [1.807, 2.05) is 37.4 Å². The Bertz CT molecular complexity index is 1210. The fourth-order valence-electron chi connectivity index (χ4n) is 3.96. The highest BCUT2D eigenvalue weighted by Gasteiger charge is 2.34. The molecule has 164 valence electrons. The molecule has 1 fully saturated rings. The highest BCUT2D eigenvalue weighted by Crippen LogP contribution is 2.37. The number of pyridine rings is 1. The van der Waals surface area contributed by atoms with Crippen LogP contribution in [0.15, 0.2) is 59.4 Å². The molecule has 0 amide bonds. The zero-order valence-corrected chi connectivity index (χ0v) is 18.3. The van der Waals surface area contributed by atoms with Crippen LogP contribution >= 0.6 is 11.6 Å². The number of hydrogen-bond acceptors (Lipinski definition) is 5. The molecule has 0 aliphatic carbocycles. The molecule has 5 rings (SSSR count). The molecule has 0 spiro atoms. The van der Waals surface area contributed by atoms with Crippen molar-refractivity contribution in [1.82, 2.24) is 19.7 Å². The number of halogens is 2. The van der Waals surface area contributed by atoms with Crippen molar-refractivity contribution < 1.29 is 13.7 Å². The minimum Gasteiger partial charge on any atom is -0.381 e. The molecule has 3 aromatic heterocycles. The largest absolute Gasteiger partial charge is 0.381 e. The average molecular weight is 453 g/mol. The first-order valence-corrected chi connectivity index (χ1v) is 10.9. The topological polar surface area (TPSA) is 66.0 Å². The van der Waals surface area contributed by atoms with E-state index in [2.05, 4.69) is 19.7 Å². The van der Waals surface area contributed by atoms with Crippen molar-refractivity contribution >= 4 is 11.6 Å². The van der Waals surface area contributed by atoms with Crippen LogP contribution in [-0.4, -0.2) is 32.9 Å². The molecule has 8 heteroatoms. The first-order valence-electron chi connectivity index (χ1n) is 10.5. The summed E-state index contributed by atoms with van der Waals surface area (Å²) in [6.45, 7) is 3.57. The average Bonchev–Trinajstić information content (AvgIpc) is 3.43. The van der Waals surface area contributed by atoms with E-state index in [1.165, 1.54) is 0 Å². The number of nitrogens with zero attached hydrogens (tertiary/aromatic N) is 4. The molecule has 0 radical (unpaired) electrons. The van der Waals surface area contributed by atoms with Gasteiger partial charge in [-0.05, 0) is 30.2 Å². The Hall–Kier alpha value is -3.03. The number of ether oxygens (including phenoxy) is 1. The summed E-state index contributed by atoms with van der Waals surface area (Å²) in [5.41, 5.74) is 3.05. The summed E-state index contributed by atoms with van der Waals surface area (Å²) in [6, 6.07) is 13.0. The van der Waals surface area contributed by atoms with Crippen molar-refractivity contribution in [3.63, 3.8) is 0 Å². The van der Waals surface area contributed by atoms with Gasteiger partial charge in [0.15, 0.2) is 0 Å². The van der Waals surface area contributed by atoms with Crippen LogP contribution in [0.4, 0.5) is 4.39 Å². The van der Waals surface area contributed by atoms with Crippen molar-refractivity contribution in [2.45, 2.75) is 32.0 Å². The molecule has 6 nitrogen and oxygen atoms in total. The van der Waals surface area contributed by atoms with Gasteiger partial charge in [0.25, 0.3) is 5.89 Å². The molecule has 1 saturated heterocycles. The number of hydrogen-bond donors (Lipinski definition) is 0. The van der Waals surface area contributed by atoms with Crippen LogP contribution < -0.4 is 0 Å². The van der Waals surface area contributed by atoms with Crippen LogP contribution in [0.25, 0.3) is 22.8 Å². The Morgan fingerprint density at radius 3 is 2.59 bits per heavy atom. The van der Waals surface area contributed by atoms with E-state index in [0.29, 0.717) is 55.0 Å². The molecular formula is C24H22ClFN4O2. The molecule has 1 aromatic carbocycles. The normalized spacial score (nSPS) is 15.7. The van der Waals surface area contributed by atoms with Crippen molar-refractivity contribution in [1.29, 1.82) is 0 Å². The molecule has 0 N–H and O–H groups in total. The summed E-state index contributed by atoms with van der Waals surface area (Å²) in [7, 11) is 0. The molecule has 4 aromatic rings. The third-order valence-corrected chi connectivity index (χ3v) is 6.10. The van der Waals surface area contributed by atoms with Crippen LogP contribution in [-0.2, 0) is 17.0 Å². The molecule has 0 bridgehead atoms. The summed E-state index contributed by atoms with van der Waals surface area (Å²) in [6.07, 6.45) is 4.49. The number of rotatable bonds is 5. The van der Waals surface area contributed by atoms with Gasteiger partial charge in [0, 0.05) is 56.3 Å². The van der Waals surface area contributed by atoms with Gasteiger partial charge >= 0.3 is 0 Å². The predicted molar refractivity (Wildman–Crippen MR) is 119 cm³/mol. The lowest BCUT2D eigenvalue weighted by Gasteiger charge is -2.29. The summed E-state index contributed by atoms with van der Waals surface area (Å²) >= 11 is 5.87. The fraction of sp³-hybridized carbons (Fsp3) is 0.292. The fourth-order valence-corrected chi connectivity index (χ4v) is 4.07. The molecule has 4 heterocycles. The lowest BCUT2D eigenvalue weighted by molar-refractivity contribution is -0.0114. The van der Waals surface area contributed by atoms with Crippen molar-refractivity contribution in [2.24, 2.45) is 0 Å². The van der Waals surface area contributed by atoms with Gasteiger partial charge in [0.05, 0.1) is 5.56 Å². The van der Waals surface area contributed by atoms with Crippen molar-refractivity contribution in [2.75, 3.05) is 13.2 Å². The van der Waals surface area contributed by atoms with E-state index in [0.717, 1.165) is 22.4 Å². The second-order valence-electron chi connectivity index (χ2n) is 8.07. The van der Waals surface area contributed by atoms with Gasteiger partial charge in [-0.3, -0.25) is 0 Å². The van der Waals surface area contributed by atoms with Gasteiger partial charge in [0.2, 0.25) is 5.82 Å². The maximum absolute atomic E-state index is 15.1. The minimum absolute atomic E-state index is 0.376. The minimum atomic E-state index is -1.33. The van der Waals surface area contributed by atoms with Crippen LogP contribution in [0.2, 0.25) is 5.15 Å². The number of alkyl halides is 1. The Labute approximate surface area is 190 Å². The van der Waals surface area contributed by atoms with Crippen LogP contribution in [0.1, 0.15) is 29.7 Å². The monoisotopic (exact) mass is 452 g/mol. The van der Waals surface area contributed by atoms with Gasteiger partial charge in [-0.1, -0.05) is 47.1 Å². The van der Waals surface area contributed by atoms with Crippen molar-refractivity contribution in [3.05, 3.63) is 76.8 Å². The third kappa shape index (κ3) is 4.18. The molecule has 1 aliphatic heterocycles. The number of aryl methyl sites for hydroxylation is 1. The molecule has 1 aliphatic rings. The second-order valence-corrected chi connectivity index (χ2v) is 8.45. The Balaban J connectivity index is 1.34. The lowest BCUT2D eigenvalue weighted by Crippen LogP contribution is -2.29. The highest BCUT2D eigenvalue weighted by atomic mass is 35.5. The van der Waals surface area contributed by atoms with E-state index in [1.54, 1.807) is 24.4 Å². The Kier molecular flexibility index (Phi) is 5.53. The molecule has 0 unspecified atom stereocenters. The Morgan fingerprint density at radius 2 is 1.88 bits per heavy atom. The summed E-state index contributed by atoms with van der Waals surface area (Å²) in [4.78, 5) is 8.68. The van der Waals surface area contributed by atoms with Gasteiger partial charge < -0.3 is 13.8 Å². The van der Waals surface area contributed by atoms with Crippen molar-refractivity contribution in [3.8, 4) is 22.8 Å². The Morgan fingerprint density at radius 1 is 1.09 bits per heavy atom. The quantitative estimate of drug-likeness (QED) is 0.369. The first kappa shape index (κ1) is 20.8. The third-order valence-electron chi connectivity index (χ3n) is 5.87. The molecular weight excluding hydrogens is 431 g/mol. The predicted octanol–water partition coefficient (Wildman–Crippen LogP) is 5.59. The van der Waals surface area contributed by atoms with Gasteiger partial charge in [-0.15, -0.1) is 0 Å². The van der Waals surface area contributed by atoms with Gasteiger partial charge in [-0.25, -0.2) is 9.37 Å². The number of aromatic nitrogens is 4. The zero-order valence-electron chi connectivity index (χ0n) is 17.6. The summed E-state index contributed by atoms with van der Waals surface area (Å²) < 4.78 is 28.0. The standard InChI is InChI=1S/C24H22ClFN4O2/c1-16-12-19(15-30(16)14-17-2-7-21(25)27-13-17)23-28-22(29-32-23)18-3-5-20(6-4-18)24(26)8-10-31-11-9-24/h2-7,12-13,15H,8-11,14H2,1H3. The van der Waals surface area contributed by atoms with Crippen LogP contribution in [0.5, 0.6) is 0 Å². The van der Waals surface area contributed by atoms with Crippen LogP contribution in [0.3, 0.4) is 0 Å². The first-order chi connectivity index (χ1) is 15.5. The molecule has 0 atom stereocenters.